The average molecular weight is 393 g/mol. The third-order valence-corrected chi connectivity index (χ3v) is 4.77. The van der Waals surface area contributed by atoms with Gasteiger partial charge in [0, 0.05) is 44.3 Å². The van der Waals surface area contributed by atoms with Gasteiger partial charge in [-0.25, -0.2) is 0 Å². The van der Waals surface area contributed by atoms with Crippen molar-refractivity contribution in [3.05, 3.63) is 52.3 Å². The van der Waals surface area contributed by atoms with Crippen molar-refractivity contribution in [2.75, 3.05) is 31.5 Å². The Bertz CT molecular complexity index is 836. The van der Waals surface area contributed by atoms with Gasteiger partial charge in [0.1, 0.15) is 0 Å². The Hall–Kier alpha value is -2.31. The van der Waals surface area contributed by atoms with E-state index in [4.69, 9.17) is 23.2 Å². The largest absolute Gasteiger partial charge is 0.353 e. The van der Waals surface area contributed by atoms with Gasteiger partial charge in [-0.3, -0.25) is 14.6 Å². The fraction of sp³-hybridized carbons (Fsp3) is 0.278. The van der Waals surface area contributed by atoms with Crippen LogP contribution in [0.1, 0.15) is 17.3 Å². The predicted molar refractivity (Wildman–Crippen MR) is 102 cm³/mol. The van der Waals surface area contributed by atoms with Crippen molar-refractivity contribution >= 4 is 46.4 Å². The molecule has 0 aliphatic carbocycles. The summed E-state index contributed by atoms with van der Waals surface area (Å²) in [7, 11) is 0. The molecule has 1 saturated heterocycles. The number of rotatable bonds is 3. The lowest BCUT2D eigenvalue weighted by atomic mass is 10.2. The molecule has 0 bridgehead atoms. The number of halogens is 2. The van der Waals surface area contributed by atoms with Gasteiger partial charge >= 0.3 is 0 Å². The molecule has 1 N–H and O–H groups in total. The second kappa shape index (κ2) is 7.93. The summed E-state index contributed by atoms with van der Waals surface area (Å²) >= 11 is 12.2. The van der Waals surface area contributed by atoms with E-state index >= 15 is 0 Å². The molecular weight excluding hydrogens is 375 g/mol. The molecule has 0 radical (unpaired) electrons. The summed E-state index contributed by atoms with van der Waals surface area (Å²) in [6, 6.07) is 6.83. The molecule has 2 amide bonds. The third kappa shape index (κ3) is 4.26. The first-order valence-corrected chi connectivity index (χ1v) is 8.91. The smallest absolute Gasteiger partial charge is 0.255 e. The van der Waals surface area contributed by atoms with Gasteiger partial charge in [0.15, 0.2) is 0 Å². The van der Waals surface area contributed by atoms with E-state index in [1.54, 1.807) is 40.3 Å². The van der Waals surface area contributed by atoms with Crippen LogP contribution in [0.4, 0.5) is 11.4 Å². The molecule has 26 heavy (non-hydrogen) atoms. The molecule has 1 aromatic heterocycles. The summed E-state index contributed by atoms with van der Waals surface area (Å²) in [6.45, 7) is 3.65. The number of aromatic nitrogens is 1. The Morgan fingerprint density at radius 1 is 1.04 bits per heavy atom. The summed E-state index contributed by atoms with van der Waals surface area (Å²) < 4.78 is 0. The van der Waals surface area contributed by atoms with Crippen molar-refractivity contribution in [2.24, 2.45) is 0 Å². The number of hydrogen-bond acceptors (Lipinski definition) is 4. The number of amides is 2. The highest BCUT2D eigenvalue weighted by molar-refractivity contribution is 6.35. The lowest BCUT2D eigenvalue weighted by Crippen LogP contribution is -2.50. The van der Waals surface area contributed by atoms with Gasteiger partial charge in [0.05, 0.1) is 28.2 Å². The maximum absolute atomic E-state index is 12.7. The normalized spacial score (nSPS) is 14.3. The number of hydrogen-bond donors (Lipinski definition) is 1. The van der Waals surface area contributed by atoms with Gasteiger partial charge in [-0.2, -0.15) is 0 Å². The minimum absolute atomic E-state index is 0.0309. The van der Waals surface area contributed by atoms with Gasteiger partial charge in [-0.05, 0) is 24.3 Å². The zero-order valence-corrected chi connectivity index (χ0v) is 15.7. The highest BCUT2D eigenvalue weighted by atomic mass is 35.5. The monoisotopic (exact) mass is 392 g/mol. The Morgan fingerprint density at radius 2 is 1.73 bits per heavy atom. The SMILES string of the molecule is CC(=O)N1CCN(C(=O)c2cncc(Nc3cc(Cl)ccc3Cl)c2)CC1. The summed E-state index contributed by atoms with van der Waals surface area (Å²) in [6.07, 6.45) is 3.14. The van der Waals surface area contributed by atoms with E-state index < -0.39 is 0 Å². The van der Waals surface area contributed by atoms with E-state index in [1.807, 2.05) is 0 Å². The predicted octanol–water partition coefficient (Wildman–Crippen LogP) is 3.44. The molecule has 0 saturated carbocycles. The quantitative estimate of drug-likeness (QED) is 0.868. The van der Waals surface area contributed by atoms with Gasteiger partial charge in [-0.15, -0.1) is 0 Å². The highest BCUT2D eigenvalue weighted by Gasteiger charge is 2.23. The van der Waals surface area contributed by atoms with E-state index in [2.05, 4.69) is 10.3 Å². The van der Waals surface area contributed by atoms with Crippen LogP contribution in [0.5, 0.6) is 0 Å². The van der Waals surface area contributed by atoms with Gasteiger partial charge < -0.3 is 15.1 Å². The summed E-state index contributed by atoms with van der Waals surface area (Å²) in [5, 5.41) is 4.21. The van der Waals surface area contributed by atoms with Crippen LogP contribution < -0.4 is 5.32 Å². The van der Waals surface area contributed by atoms with Crippen molar-refractivity contribution < 1.29 is 9.59 Å². The van der Waals surface area contributed by atoms with Crippen LogP contribution in [0.2, 0.25) is 10.0 Å². The van der Waals surface area contributed by atoms with Crippen LogP contribution >= 0.6 is 23.2 Å². The third-order valence-electron chi connectivity index (χ3n) is 4.20. The van der Waals surface area contributed by atoms with Crippen molar-refractivity contribution in [1.29, 1.82) is 0 Å². The van der Waals surface area contributed by atoms with Crippen LogP contribution in [-0.2, 0) is 4.79 Å². The van der Waals surface area contributed by atoms with Gasteiger partial charge in [0.25, 0.3) is 5.91 Å². The van der Waals surface area contributed by atoms with Crippen LogP contribution in [0.3, 0.4) is 0 Å². The molecule has 0 atom stereocenters. The molecule has 3 rings (SSSR count). The fourth-order valence-corrected chi connectivity index (χ4v) is 3.12. The van der Waals surface area contributed by atoms with E-state index in [-0.39, 0.29) is 11.8 Å². The molecule has 0 unspecified atom stereocenters. The summed E-state index contributed by atoms with van der Waals surface area (Å²) in [5.74, 6) is -0.0788. The standard InChI is InChI=1S/C18H18Cl2N4O2/c1-12(25)23-4-6-24(7-5-23)18(26)13-8-15(11-21-10-13)22-17-9-14(19)2-3-16(17)20/h2-3,8-11,22H,4-7H2,1H3. The molecule has 0 spiro atoms. The zero-order valence-electron chi connectivity index (χ0n) is 14.2. The number of piperazine rings is 1. The first kappa shape index (κ1) is 18.5. The Morgan fingerprint density at radius 3 is 2.42 bits per heavy atom. The minimum Gasteiger partial charge on any atom is -0.353 e. The number of nitrogens with one attached hydrogen (secondary N) is 1. The van der Waals surface area contributed by atoms with Crippen LogP contribution in [-0.4, -0.2) is 52.8 Å². The maximum Gasteiger partial charge on any atom is 0.255 e. The number of nitrogens with zero attached hydrogens (tertiary/aromatic N) is 3. The number of pyridine rings is 1. The maximum atomic E-state index is 12.7. The number of carbonyl (C=O) groups excluding carboxylic acids is 2. The Kier molecular flexibility index (Phi) is 5.64. The summed E-state index contributed by atoms with van der Waals surface area (Å²) in [5.41, 5.74) is 1.76. The van der Waals surface area contributed by atoms with E-state index in [9.17, 15) is 9.59 Å². The number of benzene rings is 1. The van der Waals surface area contributed by atoms with Gasteiger partial charge in [0.2, 0.25) is 5.91 Å². The van der Waals surface area contributed by atoms with Crippen molar-refractivity contribution in [3.8, 4) is 0 Å². The average Bonchev–Trinajstić information content (AvgIpc) is 2.64. The molecule has 1 aromatic carbocycles. The van der Waals surface area contributed by atoms with Crippen molar-refractivity contribution in [3.63, 3.8) is 0 Å². The molecule has 6 nitrogen and oxygen atoms in total. The van der Waals surface area contributed by atoms with E-state index in [0.717, 1.165) is 0 Å². The van der Waals surface area contributed by atoms with Crippen LogP contribution in [0.25, 0.3) is 0 Å². The molecule has 1 fully saturated rings. The first-order valence-electron chi connectivity index (χ1n) is 8.16. The Labute approximate surface area is 161 Å². The second-order valence-electron chi connectivity index (χ2n) is 6.01. The molecule has 2 heterocycles. The van der Waals surface area contributed by atoms with Crippen LogP contribution in [0.15, 0.2) is 36.7 Å². The van der Waals surface area contributed by atoms with E-state index in [1.165, 1.54) is 13.1 Å². The van der Waals surface area contributed by atoms with Crippen molar-refractivity contribution in [2.45, 2.75) is 6.92 Å². The molecule has 136 valence electrons. The van der Waals surface area contributed by atoms with Crippen molar-refractivity contribution in [1.82, 2.24) is 14.8 Å². The number of anilines is 2. The first-order chi connectivity index (χ1) is 12.4. The van der Waals surface area contributed by atoms with Gasteiger partial charge in [-0.1, -0.05) is 23.2 Å². The summed E-state index contributed by atoms with van der Waals surface area (Å²) in [4.78, 5) is 31.7. The minimum atomic E-state index is -0.110. The number of carbonyl (C=O) groups is 2. The highest BCUT2D eigenvalue weighted by Crippen LogP contribution is 2.28. The lowest BCUT2D eigenvalue weighted by Gasteiger charge is -2.34. The molecule has 1 aliphatic rings. The van der Waals surface area contributed by atoms with Crippen LogP contribution in [0, 0.1) is 0 Å². The molecular formula is C18H18Cl2N4O2. The molecule has 2 aromatic rings. The topological polar surface area (TPSA) is 65.5 Å². The molecule has 1 aliphatic heterocycles. The Balaban J connectivity index is 1.72. The fourth-order valence-electron chi connectivity index (χ4n) is 2.78. The lowest BCUT2D eigenvalue weighted by molar-refractivity contribution is -0.130. The zero-order chi connectivity index (χ0) is 18.7. The second-order valence-corrected chi connectivity index (χ2v) is 6.85. The van der Waals surface area contributed by atoms with E-state index in [0.29, 0.717) is 53.2 Å². The molecule has 8 heteroatoms.